The van der Waals surface area contributed by atoms with Crippen LogP contribution in [0, 0.1) is 5.82 Å². The molecule has 2 N–H and O–H groups in total. The molecule has 0 saturated carbocycles. The number of amides is 3. The molecule has 188 valence electrons. The zero-order valence-corrected chi connectivity index (χ0v) is 20.4. The lowest BCUT2D eigenvalue weighted by Gasteiger charge is -2.43. The van der Waals surface area contributed by atoms with Crippen LogP contribution >= 0.6 is 0 Å². The van der Waals surface area contributed by atoms with E-state index in [9.17, 15) is 18.8 Å². The maximum atomic E-state index is 13.5. The SMILES string of the molecule is CCN1C(=O)c2c(C(=O)NCc3ccc(OC)cc3)ncn2C[C@@]1(C)C(=O)NCc1ccc(F)cc1. The fourth-order valence-electron chi connectivity index (χ4n) is 4.33. The van der Waals surface area contributed by atoms with E-state index in [1.54, 1.807) is 49.8 Å². The van der Waals surface area contributed by atoms with Gasteiger partial charge in [0.25, 0.3) is 11.8 Å². The first-order chi connectivity index (χ1) is 17.3. The third kappa shape index (κ3) is 4.79. The summed E-state index contributed by atoms with van der Waals surface area (Å²) < 4.78 is 19.9. The highest BCUT2D eigenvalue weighted by Crippen LogP contribution is 2.29. The molecule has 0 aliphatic carbocycles. The fourth-order valence-corrected chi connectivity index (χ4v) is 4.33. The third-order valence-electron chi connectivity index (χ3n) is 6.36. The fraction of sp³-hybridized carbons (Fsp3) is 0.308. The summed E-state index contributed by atoms with van der Waals surface area (Å²) in [5, 5.41) is 5.64. The number of carbonyl (C=O) groups is 3. The van der Waals surface area contributed by atoms with Gasteiger partial charge in [0, 0.05) is 19.6 Å². The number of hydrogen-bond donors (Lipinski definition) is 2. The van der Waals surface area contributed by atoms with Gasteiger partial charge in [-0.3, -0.25) is 14.4 Å². The summed E-state index contributed by atoms with van der Waals surface area (Å²) in [6.45, 7) is 4.30. The van der Waals surface area contributed by atoms with Gasteiger partial charge in [-0.15, -0.1) is 0 Å². The molecular weight excluding hydrogens is 465 g/mol. The number of benzene rings is 2. The number of halogens is 1. The summed E-state index contributed by atoms with van der Waals surface area (Å²) in [5.41, 5.74) is 0.562. The van der Waals surface area contributed by atoms with Crippen molar-refractivity contribution in [2.75, 3.05) is 13.7 Å². The molecule has 1 aliphatic heterocycles. The Balaban J connectivity index is 1.49. The van der Waals surface area contributed by atoms with E-state index in [-0.39, 0.29) is 49.3 Å². The lowest BCUT2D eigenvalue weighted by Crippen LogP contribution is -2.63. The second kappa shape index (κ2) is 10.2. The molecule has 0 saturated heterocycles. The van der Waals surface area contributed by atoms with Gasteiger partial charge in [0.2, 0.25) is 5.91 Å². The number of nitrogens with zero attached hydrogens (tertiary/aromatic N) is 3. The van der Waals surface area contributed by atoms with Crippen LogP contribution in [0.25, 0.3) is 0 Å². The van der Waals surface area contributed by atoms with Gasteiger partial charge in [-0.1, -0.05) is 24.3 Å². The number of hydrogen-bond acceptors (Lipinski definition) is 5. The minimum Gasteiger partial charge on any atom is -0.497 e. The molecular formula is C26H28FN5O4. The van der Waals surface area contributed by atoms with Gasteiger partial charge in [0.15, 0.2) is 5.69 Å². The van der Waals surface area contributed by atoms with Gasteiger partial charge in [0.1, 0.15) is 22.8 Å². The molecule has 1 atom stereocenters. The lowest BCUT2D eigenvalue weighted by molar-refractivity contribution is -0.132. The van der Waals surface area contributed by atoms with E-state index in [1.165, 1.54) is 23.4 Å². The highest BCUT2D eigenvalue weighted by Gasteiger charge is 2.48. The summed E-state index contributed by atoms with van der Waals surface area (Å²) in [4.78, 5) is 45.2. The van der Waals surface area contributed by atoms with E-state index >= 15 is 0 Å². The number of rotatable bonds is 8. The molecule has 1 aliphatic rings. The highest BCUT2D eigenvalue weighted by atomic mass is 19.1. The van der Waals surface area contributed by atoms with E-state index in [0.717, 1.165) is 11.1 Å². The topological polar surface area (TPSA) is 106 Å². The highest BCUT2D eigenvalue weighted by molar-refractivity contribution is 6.07. The van der Waals surface area contributed by atoms with Crippen molar-refractivity contribution in [2.24, 2.45) is 0 Å². The van der Waals surface area contributed by atoms with Crippen molar-refractivity contribution in [3.05, 3.63) is 83.2 Å². The van der Waals surface area contributed by atoms with Crippen LogP contribution in [0.4, 0.5) is 4.39 Å². The summed E-state index contributed by atoms with van der Waals surface area (Å²) in [5.74, 6) is -0.928. The number of methoxy groups -OCH3 is 1. The number of aromatic nitrogens is 2. The number of likely N-dealkylation sites (N-methyl/N-ethyl adjacent to an activating group) is 1. The largest absolute Gasteiger partial charge is 0.497 e. The predicted octanol–water partition coefficient (Wildman–Crippen LogP) is 2.51. The number of nitrogens with one attached hydrogen (secondary N) is 2. The molecule has 2 aromatic carbocycles. The summed E-state index contributed by atoms with van der Waals surface area (Å²) in [6, 6.07) is 13.1. The molecule has 1 aromatic heterocycles. The normalized spacial score (nSPS) is 16.9. The third-order valence-corrected chi connectivity index (χ3v) is 6.36. The van der Waals surface area contributed by atoms with Crippen molar-refractivity contribution < 1.29 is 23.5 Å². The van der Waals surface area contributed by atoms with Crippen LogP contribution in [-0.4, -0.2) is 51.4 Å². The molecule has 3 aromatic rings. The van der Waals surface area contributed by atoms with Crippen LogP contribution in [0.2, 0.25) is 0 Å². The van der Waals surface area contributed by atoms with Gasteiger partial charge < -0.3 is 24.8 Å². The molecule has 0 fully saturated rings. The maximum Gasteiger partial charge on any atom is 0.273 e. The Morgan fingerprint density at radius 2 is 1.67 bits per heavy atom. The van der Waals surface area contributed by atoms with E-state index in [0.29, 0.717) is 5.75 Å². The molecule has 3 amide bonds. The summed E-state index contributed by atoms with van der Waals surface area (Å²) >= 11 is 0. The number of carbonyl (C=O) groups excluding carboxylic acids is 3. The quantitative estimate of drug-likeness (QED) is 0.502. The average Bonchev–Trinajstić information content (AvgIpc) is 3.31. The first-order valence-electron chi connectivity index (χ1n) is 11.6. The Morgan fingerprint density at radius 3 is 2.28 bits per heavy atom. The zero-order chi connectivity index (χ0) is 25.9. The summed E-state index contributed by atoms with van der Waals surface area (Å²) in [6.07, 6.45) is 1.41. The maximum absolute atomic E-state index is 13.5. The van der Waals surface area contributed by atoms with Crippen molar-refractivity contribution in [3.63, 3.8) is 0 Å². The van der Waals surface area contributed by atoms with Crippen LogP contribution in [0.1, 0.15) is 46.0 Å². The van der Waals surface area contributed by atoms with Gasteiger partial charge in [-0.2, -0.15) is 0 Å². The average molecular weight is 494 g/mol. The second-order valence-corrected chi connectivity index (χ2v) is 8.73. The lowest BCUT2D eigenvalue weighted by atomic mass is 9.94. The van der Waals surface area contributed by atoms with Gasteiger partial charge in [-0.05, 0) is 49.2 Å². The molecule has 0 unspecified atom stereocenters. The number of imidazole rings is 1. The van der Waals surface area contributed by atoms with E-state index in [4.69, 9.17) is 4.74 Å². The van der Waals surface area contributed by atoms with E-state index in [2.05, 4.69) is 15.6 Å². The Labute approximate surface area is 208 Å². The molecule has 2 heterocycles. The molecule has 36 heavy (non-hydrogen) atoms. The van der Waals surface area contributed by atoms with Crippen LogP contribution in [0.5, 0.6) is 5.75 Å². The number of ether oxygens (including phenoxy) is 1. The number of fused-ring (bicyclic) bond motifs is 1. The zero-order valence-electron chi connectivity index (χ0n) is 20.4. The smallest absolute Gasteiger partial charge is 0.273 e. The first-order valence-corrected chi connectivity index (χ1v) is 11.6. The van der Waals surface area contributed by atoms with Gasteiger partial charge in [-0.25, -0.2) is 9.37 Å². The Bertz CT molecular complexity index is 1270. The molecule has 0 radical (unpaired) electrons. The Morgan fingerprint density at radius 1 is 1.06 bits per heavy atom. The molecule has 9 nitrogen and oxygen atoms in total. The monoisotopic (exact) mass is 493 g/mol. The van der Waals surface area contributed by atoms with Crippen molar-refractivity contribution in [3.8, 4) is 5.75 Å². The molecule has 4 rings (SSSR count). The van der Waals surface area contributed by atoms with Crippen molar-refractivity contribution in [1.29, 1.82) is 0 Å². The summed E-state index contributed by atoms with van der Waals surface area (Å²) in [7, 11) is 1.58. The molecule has 10 heteroatoms. The van der Waals surface area contributed by atoms with Crippen molar-refractivity contribution >= 4 is 17.7 Å². The minimum atomic E-state index is -1.20. The first kappa shape index (κ1) is 24.9. The van der Waals surface area contributed by atoms with E-state index < -0.39 is 17.4 Å². The second-order valence-electron chi connectivity index (χ2n) is 8.73. The van der Waals surface area contributed by atoms with Gasteiger partial charge >= 0.3 is 0 Å². The minimum absolute atomic E-state index is 0.0146. The molecule has 0 bridgehead atoms. The van der Waals surface area contributed by atoms with E-state index in [1.807, 2.05) is 12.1 Å². The molecule has 0 spiro atoms. The van der Waals surface area contributed by atoms with Crippen molar-refractivity contribution in [2.45, 2.75) is 39.0 Å². The Hall–Kier alpha value is -4.21. The Kier molecular flexibility index (Phi) is 7.05. The standard InChI is InChI=1S/C26H28FN5O4/c1-4-32-24(34)22-21(23(33)28-13-18-7-11-20(36-3)12-8-18)30-16-31(22)15-26(32,2)25(35)29-14-17-5-9-19(27)10-6-17/h5-12,16H,4,13-15H2,1-3H3,(H,28,33)(H,29,35)/t26-/m0/s1. The van der Waals surface area contributed by atoms with Crippen LogP contribution in [0.15, 0.2) is 54.9 Å². The van der Waals surface area contributed by atoms with Crippen LogP contribution in [-0.2, 0) is 24.4 Å². The van der Waals surface area contributed by atoms with Crippen LogP contribution in [0.3, 0.4) is 0 Å². The van der Waals surface area contributed by atoms with Crippen LogP contribution < -0.4 is 15.4 Å². The van der Waals surface area contributed by atoms with Gasteiger partial charge in [0.05, 0.1) is 20.0 Å². The predicted molar refractivity (Wildman–Crippen MR) is 130 cm³/mol. The van der Waals surface area contributed by atoms with Crippen molar-refractivity contribution in [1.82, 2.24) is 25.1 Å².